The molecule has 0 fully saturated rings. The van der Waals surface area contributed by atoms with Gasteiger partial charge in [-0.05, 0) is 24.3 Å². The van der Waals surface area contributed by atoms with Crippen molar-refractivity contribution in [3.05, 3.63) is 36.5 Å². The van der Waals surface area contributed by atoms with E-state index in [1.54, 1.807) is 6.20 Å². The van der Waals surface area contributed by atoms with Crippen LogP contribution in [0, 0.1) is 0 Å². The Kier molecular flexibility index (Phi) is 2.57. The number of benzene rings is 1. The fraction of sp³-hybridized carbons (Fsp3) is 0. The summed E-state index contributed by atoms with van der Waals surface area (Å²) in [5.74, 6) is 0.403. The molecule has 0 bridgehead atoms. The van der Waals surface area contributed by atoms with E-state index in [9.17, 15) is 0 Å². The van der Waals surface area contributed by atoms with Crippen molar-refractivity contribution >= 4 is 34.0 Å². The average molecular weight is 253 g/mol. The highest BCUT2D eigenvalue weighted by molar-refractivity contribution is 6.68. The second kappa shape index (κ2) is 4.37. The lowest BCUT2D eigenvalue weighted by Gasteiger charge is -2.03. The van der Waals surface area contributed by atoms with Crippen molar-refractivity contribution in [2.45, 2.75) is 0 Å². The number of hydrogen-bond donors (Lipinski definition) is 3. The Morgan fingerprint density at radius 1 is 1.05 bits per heavy atom. The van der Waals surface area contributed by atoms with E-state index in [1.807, 2.05) is 30.3 Å². The molecule has 1 aromatic carbocycles. The first-order valence-corrected chi connectivity index (χ1v) is 5.60. The van der Waals surface area contributed by atoms with E-state index in [0.29, 0.717) is 5.71 Å². The van der Waals surface area contributed by atoms with Gasteiger partial charge in [-0.2, -0.15) is 5.10 Å². The summed E-state index contributed by atoms with van der Waals surface area (Å²) < 4.78 is 0. The number of nitrogens with one attached hydrogen (secondary N) is 1. The second-order valence-corrected chi connectivity index (χ2v) is 3.95. The van der Waals surface area contributed by atoms with E-state index in [1.165, 1.54) is 0 Å². The molecule has 3 rings (SSSR count). The van der Waals surface area contributed by atoms with Crippen molar-refractivity contribution in [3.8, 4) is 0 Å². The lowest BCUT2D eigenvalue weighted by atomic mass is 10.2. The first-order chi connectivity index (χ1) is 9.24. The van der Waals surface area contributed by atoms with E-state index in [2.05, 4.69) is 25.7 Å². The Morgan fingerprint density at radius 3 is 2.63 bits per heavy atom. The molecular weight excluding hydrogens is 242 g/mol. The molecule has 7 nitrogen and oxygen atoms in total. The standard InChI is InChI=1S/C12H11N7/c13-11-10(12(14)19-18-11)17-16-8-3-4-9-7(6-8)2-1-5-15-9/h1-6,16H,(H4,13,14,17,18,19). The topological polar surface area (TPSA) is 114 Å². The number of anilines is 1. The summed E-state index contributed by atoms with van der Waals surface area (Å²) in [6.45, 7) is 0. The zero-order valence-corrected chi connectivity index (χ0v) is 9.91. The van der Waals surface area contributed by atoms with E-state index in [-0.39, 0.29) is 11.7 Å². The zero-order valence-electron chi connectivity index (χ0n) is 9.91. The molecule has 19 heavy (non-hydrogen) atoms. The van der Waals surface area contributed by atoms with Crippen LogP contribution < -0.4 is 16.9 Å². The van der Waals surface area contributed by atoms with Crippen molar-refractivity contribution in [1.82, 2.24) is 4.98 Å². The number of nitrogens with two attached hydrogens (primary N) is 2. The van der Waals surface area contributed by atoms with Gasteiger partial charge in [-0.3, -0.25) is 10.4 Å². The molecule has 0 unspecified atom stereocenters. The normalized spacial score (nSPS) is 14.2. The predicted molar refractivity (Wildman–Crippen MR) is 76.0 cm³/mol. The van der Waals surface area contributed by atoms with E-state index in [0.717, 1.165) is 16.6 Å². The van der Waals surface area contributed by atoms with Crippen LogP contribution in [0.5, 0.6) is 0 Å². The van der Waals surface area contributed by atoms with Crippen molar-refractivity contribution in [2.75, 3.05) is 5.43 Å². The van der Waals surface area contributed by atoms with E-state index < -0.39 is 0 Å². The van der Waals surface area contributed by atoms with Gasteiger partial charge < -0.3 is 11.5 Å². The van der Waals surface area contributed by atoms with Crippen LogP contribution in [0.2, 0.25) is 0 Å². The summed E-state index contributed by atoms with van der Waals surface area (Å²) >= 11 is 0. The highest BCUT2D eigenvalue weighted by Crippen LogP contribution is 2.16. The largest absolute Gasteiger partial charge is 0.380 e. The van der Waals surface area contributed by atoms with Crippen LogP contribution in [0.4, 0.5) is 5.69 Å². The number of hydrogen-bond acceptors (Lipinski definition) is 7. The first-order valence-electron chi connectivity index (χ1n) is 5.60. The van der Waals surface area contributed by atoms with Crippen molar-refractivity contribution in [1.29, 1.82) is 0 Å². The van der Waals surface area contributed by atoms with Gasteiger partial charge in [-0.15, -0.1) is 10.2 Å². The summed E-state index contributed by atoms with van der Waals surface area (Å²) in [6, 6.07) is 9.56. The third kappa shape index (κ3) is 2.08. The molecule has 0 saturated carbocycles. The van der Waals surface area contributed by atoms with Gasteiger partial charge in [0, 0.05) is 11.6 Å². The highest BCUT2D eigenvalue weighted by Gasteiger charge is 2.16. The first kappa shape index (κ1) is 11.1. The molecule has 0 saturated heterocycles. The van der Waals surface area contributed by atoms with Crippen LogP contribution in [0.3, 0.4) is 0 Å². The number of aromatic nitrogens is 1. The van der Waals surface area contributed by atoms with Gasteiger partial charge in [0.15, 0.2) is 17.4 Å². The summed E-state index contributed by atoms with van der Waals surface area (Å²) in [5.41, 5.74) is 16.2. The lowest BCUT2D eigenvalue weighted by Crippen LogP contribution is -2.32. The number of fused-ring (bicyclic) bond motifs is 1. The molecule has 1 aliphatic heterocycles. The summed E-state index contributed by atoms with van der Waals surface area (Å²) in [4.78, 5) is 4.24. The molecule has 7 heteroatoms. The van der Waals surface area contributed by atoms with E-state index in [4.69, 9.17) is 11.5 Å². The molecule has 1 aliphatic rings. The molecule has 2 aromatic rings. The van der Waals surface area contributed by atoms with Gasteiger partial charge in [0.1, 0.15) is 0 Å². The number of hydrazone groups is 1. The van der Waals surface area contributed by atoms with Crippen LogP contribution in [0.1, 0.15) is 0 Å². The van der Waals surface area contributed by atoms with Crippen LogP contribution in [-0.2, 0) is 0 Å². The molecule has 0 atom stereocenters. The molecule has 1 aromatic heterocycles. The molecule has 5 N–H and O–H groups in total. The van der Waals surface area contributed by atoms with Crippen molar-refractivity contribution in [3.63, 3.8) is 0 Å². The quantitative estimate of drug-likeness (QED) is 0.681. The molecular formula is C12H11N7. The Bertz CT molecular complexity index is 710. The van der Waals surface area contributed by atoms with Gasteiger partial charge in [0.25, 0.3) is 0 Å². The molecule has 94 valence electrons. The monoisotopic (exact) mass is 253 g/mol. The van der Waals surface area contributed by atoms with Crippen LogP contribution in [0.15, 0.2) is 51.8 Å². The van der Waals surface area contributed by atoms with Gasteiger partial charge in [-0.25, -0.2) is 0 Å². The second-order valence-electron chi connectivity index (χ2n) is 3.95. The Balaban J connectivity index is 1.88. The van der Waals surface area contributed by atoms with Gasteiger partial charge in [-0.1, -0.05) is 6.07 Å². The zero-order chi connectivity index (χ0) is 13.2. The van der Waals surface area contributed by atoms with Crippen LogP contribution in [-0.4, -0.2) is 22.4 Å². The Labute approximate surface area is 108 Å². The summed E-state index contributed by atoms with van der Waals surface area (Å²) in [6.07, 6.45) is 1.75. The predicted octanol–water partition coefficient (Wildman–Crippen LogP) is 0.646. The molecule has 0 amide bonds. The maximum absolute atomic E-state index is 5.60. The number of rotatable bonds is 2. The molecule has 2 heterocycles. The fourth-order valence-corrected chi connectivity index (χ4v) is 1.71. The average Bonchev–Trinajstić information content (AvgIpc) is 2.76. The van der Waals surface area contributed by atoms with Crippen LogP contribution in [0.25, 0.3) is 10.9 Å². The van der Waals surface area contributed by atoms with E-state index >= 15 is 0 Å². The SMILES string of the molecule is NC1=NN=C(N)C1=NNc1ccc2ncccc2c1. The molecule has 0 radical (unpaired) electrons. The maximum atomic E-state index is 5.60. The molecule has 0 aliphatic carbocycles. The fourth-order valence-electron chi connectivity index (χ4n) is 1.71. The Morgan fingerprint density at radius 2 is 1.84 bits per heavy atom. The Hall–Kier alpha value is -2.96. The maximum Gasteiger partial charge on any atom is 0.177 e. The third-order valence-corrected chi connectivity index (χ3v) is 2.65. The van der Waals surface area contributed by atoms with Gasteiger partial charge >= 0.3 is 0 Å². The molecule has 0 spiro atoms. The smallest absolute Gasteiger partial charge is 0.177 e. The minimum Gasteiger partial charge on any atom is -0.380 e. The minimum absolute atomic E-state index is 0.201. The number of pyridine rings is 1. The minimum atomic E-state index is 0.201. The number of nitrogens with zero attached hydrogens (tertiary/aromatic N) is 4. The van der Waals surface area contributed by atoms with Gasteiger partial charge in [0.2, 0.25) is 0 Å². The van der Waals surface area contributed by atoms with Crippen LogP contribution >= 0.6 is 0 Å². The van der Waals surface area contributed by atoms with Crippen molar-refractivity contribution < 1.29 is 0 Å². The van der Waals surface area contributed by atoms with Crippen molar-refractivity contribution in [2.24, 2.45) is 26.8 Å². The number of amidine groups is 2. The lowest BCUT2D eigenvalue weighted by molar-refractivity contribution is 1.25. The third-order valence-electron chi connectivity index (χ3n) is 2.65. The highest BCUT2D eigenvalue weighted by atomic mass is 15.4. The summed E-state index contributed by atoms with van der Waals surface area (Å²) in [7, 11) is 0. The van der Waals surface area contributed by atoms with Gasteiger partial charge in [0.05, 0.1) is 11.2 Å². The summed E-state index contributed by atoms with van der Waals surface area (Å²) in [5, 5.41) is 12.4.